The third kappa shape index (κ3) is 1.32. The van der Waals surface area contributed by atoms with Crippen molar-refractivity contribution >= 4 is 16.9 Å². The van der Waals surface area contributed by atoms with E-state index in [4.69, 9.17) is 0 Å². The molecule has 2 unspecified atom stereocenters. The van der Waals surface area contributed by atoms with Gasteiger partial charge in [0.05, 0.1) is 17.1 Å². The van der Waals surface area contributed by atoms with Gasteiger partial charge in [-0.3, -0.25) is 9.48 Å². The molecule has 1 aromatic heterocycles. The van der Waals surface area contributed by atoms with Crippen molar-refractivity contribution in [2.45, 2.75) is 19.8 Å². The molecule has 1 aromatic carbocycles. The van der Waals surface area contributed by atoms with Crippen LogP contribution in [0.3, 0.4) is 0 Å². The minimum atomic E-state index is -0.722. The van der Waals surface area contributed by atoms with Crippen LogP contribution in [-0.4, -0.2) is 20.9 Å². The van der Waals surface area contributed by atoms with Gasteiger partial charge in [-0.1, -0.05) is 32.0 Å². The van der Waals surface area contributed by atoms with Crippen LogP contribution in [0.25, 0.3) is 10.9 Å². The lowest BCUT2D eigenvalue weighted by atomic mass is 10.1. The minimum Gasteiger partial charge on any atom is -0.481 e. The molecule has 0 bridgehead atoms. The van der Waals surface area contributed by atoms with E-state index in [2.05, 4.69) is 5.10 Å². The molecule has 0 aliphatic heterocycles. The van der Waals surface area contributed by atoms with Gasteiger partial charge >= 0.3 is 5.97 Å². The number of aryl methyl sites for hydroxylation is 1. The highest BCUT2D eigenvalue weighted by molar-refractivity contribution is 5.86. The lowest BCUT2D eigenvalue weighted by molar-refractivity contribution is -0.139. The van der Waals surface area contributed by atoms with Gasteiger partial charge in [-0.25, -0.2) is 0 Å². The number of hydrogen-bond acceptors (Lipinski definition) is 2. The van der Waals surface area contributed by atoms with Crippen LogP contribution in [-0.2, 0) is 11.8 Å². The number of hydrogen-bond donors (Lipinski definition) is 1. The molecule has 1 aliphatic carbocycles. The van der Waals surface area contributed by atoms with Gasteiger partial charge in [0.1, 0.15) is 0 Å². The molecule has 4 heteroatoms. The fourth-order valence-electron chi connectivity index (χ4n) is 3.08. The van der Waals surface area contributed by atoms with Crippen molar-refractivity contribution in [2.75, 3.05) is 0 Å². The molecular formula is C14H16N2O2. The van der Waals surface area contributed by atoms with Crippen LogP contribution in [0.15, 0.2) is 24.3 Å². The van der Waals surface area contributed by atoms with Crippen LogP contribution in [0, 0.1) is 11.3 Å². The Morgan fingerprint density at radius 3 is 2.67 bits per heavy atom. The standard InChI is InChI=1S/C14H16N2O2/c1-14(2)10(11(14)13(17)18)12-8-6-4-5-7-9(8)16(3)15-12/h4-7,10-11H,1-3H3,(H,17,18). The number of para-hydroxylation sites is 1. The van der Waals surface area contributed by atoms with Crippen molar-refractivity contribution in [1.29, 1.82) is 0 Å². The molecule has 1 aliphatic rings. The van der Waals surface area contributed by atoms with Crippen molar-refractivity contribution < 1.29 is 9.90 Å². The first-order valence-corrected chi connectivity index (χ1v) is 6.09. The molecule has 18 heavy (non-hydrogen) atoms. The summed E-state index contributed by atoms with van der Waals surface area (Å²) in [4.78, 5) is 11.3. The van der Waals surface area contributed by atoms with Gasteiger partial charge in [-0.2, -0.15) is 5.10 Å². The van der Waals surface area contributed by atoms with Gasteiger partial charge in [0.25, 0.3) is 0 Å². The monoisotopic (exact) mass is 244 g/mol. The normalized spacial score (nSPS) is 25.3. The van der Waals surface area contributed by atoms with Crippen molar-refractivity contribution in [3.8, 4) is 0 Å². The van der Waals surface area contributed by atoms with E-state index in [0.29, 0.717) is 0 Å². The molecule has 0 radical (unpaired) electrons. The zero-order valence-corrected chi connectivity index (χ0v) is 10.7. The van der Waals surface area contributed by atoms with E-state index in [0.717, 1.165) is 16.6 Å². The van der Waals surface area contributed by atoms with E-state index in [1.165, 1.54) is 0 Å². The molecule has 0 amide bonds. The average molecular weight is 244 g/mol. The van der Waals surface area contributed by atoms with Crippen molar-refractivity contribution in [1.82, 2.24) is 9.78 Å². The first-order valence-electron chi connectivity index (χ1n) is 6.09. The smallest absolute Gasteiger partial charge is 0.307 e. The number of aromatic nitrogens is 2. The Morgan fingerprint density at radius 2 is 2.06 bits per heavy atom. The Balaban J connectivity index is 2.15. The second kappa shape index (κ2) is 3.34. The molecule has 3 rings (SSSR count). The SMILES string of the molecule is Cn1nc(C2C(C(=O)O)C2(C)C)c2ccccc21. The molecule has 1 N–H and O–H groups in total. The van der Waals surface area contributed by atoms with Crippen LogP contribution in [0.4, 0.5) is 0 Å². The molecule has 1 fully saturated rings. The predicted octanol–water partition coefficient (Wildman–Crippen LogP) is 2.40. The van der Waals surface area contributed by atoms with Gasteiger partial charge < -0.3 is 5.11 Å². The van der Waals surface area contributed by atoms with E-state index >= 15 is 0 Å². The van der Waals surface area contributed by atoms with Crippen LogP contribution >= 0.6 is 0 Å². The number of rotatable bonds is 2. The van der Waals surface area contributed by atoms with Crippen molar-refractivity contribution in [2.24, 2.45) is 18.4 Å². The third-order valence-electron chi connectivity index (χ3n) is 4.17. The molecule has 4 nitrogen and oxygen atoms in total. The molecular weight excluding hydrogens is 228 g/mol. The van der Waals surface area contributed by atoms with E-state index < -0.39 is 5.97 Å². The zero-order valence-electron chi connectivity index (χ0n) is 10.7. The first kappa shape index (κ1) is 11.3. The van der Waals surface area contributed by atoms with Gasteiger partial charge in [-0.15, -0.1) is 0 Å². The average Bonchev–Trinajstić information content (AvgIpc) is 2.73. The van der Waals surface area contributed by atoms with Gasteiger partial charge in [0, 0.05) is 18.4 Å². The van der Waals surface area contributed by atoms with Crippen LogP contribution < -0.4 is 0 Å². The second-order valence-corrected chi connectivity index (χ2v) is 5.64. The summed E-state index contributed by atoms with van der Waals surface area (Å²) in [6.07, 6.45) is 0. The Labute approximate surface area is 105 Å². The third-order valence-corrected chi connectivity index (χ3v) is 4.17. The highest BCUT2D eigenvalue weighted by Gasteiger charge is 2.64. The van der Waals surface area contributed by atoms with E-state index in [1.54, 1.807) is 0 Å². The summed E-state index contributed by atoms with van der Waals surface area (Å²) < 4.78 is 1.83. The molecule has 94 valence electrons. The lowest BCUT2D eigenvalue weighted by Crippen LogP contribution is -2.03. The van der Waals surface area contributed by atoms with Crippen LogP contribution in [0.2, 0.25) is 0 Å². The topological polar surface area (TPSA) is 55.1 Å². The highest BCUT2D eigenvalue weighted by Crippen LogP contribution is 2.64. The van der Waals surface area contributed by atoms with Gasteiger partial charge in [-0.05, 0) is 11.5 Å². The number of nitrogens with zero attached hydrogens (tertiary/aromatic N) is 2. The maximum absolute atomic E-state index is 11.3. The summed E-state index contributed by atoms with van der Waals surface area (Å²) >= 11 is 0. The quantitative estimate of drug-likeness (QED) is 0.882. The number of carbonyl (C=O) groups is 1. The molecule has 2 atom stereocenters. The number of carboxylic acid groups (broad SMARTS) is 1. The van der Waals surface area contributed by atoms with Gasteiger partial charge in [0.2, 0.25) is 0 Å². The van der Waals surface area contributed by atoms with E-state index in [9.17, 15) is 9.90 Å². The van der Waals surface area contributed by atoms with Crippen LogP contribution in [0.1, 0.15) is 25.5 Å². The summed E-state index contributed by atoms with van der Waals surface area (Å²) in [5.74, 6) is -1.03. The summed E-state index contributed by atoms with van der Waals surface area (Å²) in [6, 6.07) is 7.97. The number of aliphatic carboxylic acids is 1. The van der Waals surface area contributed by atoms with Crippen LogP contribution in [0.5, 0.6) is 0 Å². The van der Waals surface area contributed by atoms with Crippen molar-refractivity contribution in [3.05, 3.63) is 30.0 Å². The number of carboxylic acids is 1. The molecule has 0 saturated heterocycles. The Kier molecular flexibility index (Phi) is 2.09. The van der Waals surface area contributed by atoms with E-state index in [-0.39, 0.29) is 17.3 Å². The largest absolute Gasteiger partial charge is 0.481 e. The first-order chi connectivity index (χ1) is 8.44. The summed E-state index contributed by atoms with van der Waals surface area (Å²) in [5, 5.41) is 14.9. The fourth-order valence-corrected chi connectivity index (χ4v) is 3.08. The van der Waals surface area contributed by atoms with E-state index in [1.807, 2.05) is 49.8 Å². The predicted molar refractivity (Wildman–Crippen MR) is 68.4 cm³/mol. The maximum atomic E-state index is 11.3. The summed E-state index contributed by atoms with van der Waals surface area (Å²) in [6.45, 7) is 4.00. The molecule has 2 aromatic rings. The summed E-state index contributed by atoms with van der Waals surface area (Å²) in [5.41, 5.74) is 1.77. The Morgan fingerprint density at radius 1 is 1.39 bits per heavy atom. The number of benzene rings is 1. The van der Waals surface area contributed by atoms with Gasteiger partial charge in [0.15, 0.2) is 0 Å². The fraction of sp³-hybridized carbons (Fsp3) is 0.429. The number of fused-ring (bicyclic) bond motifs is 1. The lowest BCUT2D eigenvalue weighted by Gasteiger charge is -1.99. The van der Waals surface area contributed by atoms with Crippen molar-refractivity contribution in [3.63, 3.8) is 0 Å². The molecule has 1 saturated carbocycles. The minimum absolute atomic E-state index is 0.0149. The molecule has 0 spiro atoms. The Hall–Kier alpha value is -1.84. The second-order valence-electron chi connectivity index (χ2n) is 5.64. The maximum Gasteiger partial charge on any atom is 0.307 e. The Bertz CT molecular complexity index is 642. The summed E-state index contributed by atoms with van der Waals surface area (Å²) in [7, 11) is 1.90. The zero-order chi connectivity index (χ0) is 13.1. The molecule has 1 heterocycles. The highest BCUT2D eigenvalue weighted by atomic mass is 16.4.